The Hall–Kier alpha value is -1.59. The predicted molar refractivity (Wildman–Crippen MR) is 74.5 cm³/mol. The maximum Gasteiger partial charge on any atom is 0.213 e. The van der Waals surface area contributed by atoms with Crippen molar-refractivity contribution in [1.82, 2.24) is 15.2 Å². The van der Waals surface area contributed by atoms with Crippen molar-refractivity contribution in [3.05, 3.63) is 30.3 Å². The van der Waals surface area contributed by atoms with Gasteiger partial charge in [0.2, 0.25) is 5.96 Å². The van der Waals surface area contributed by atoms with Gasteiger partial charge < -0.3 is 9.80 Å². The van der Waals surface area contributed by atoms with Gasteiger partial charge in [-0.05, 0) is 18.7 Å². The first-order chi connectivity index (χ1) is 8.83. The van der Waals surface area contributed by atoms with Crippen molar-refractivity contribution in [2.45, 2.75) is 6.92 Å². The zero-order chi connectivity index (χ0) is 12.8. The van der Waals surface area contributed by atoms with Crippen molar-refractivity contribution in [1.29, 1.82) is 0 Å². The van der Waals surface area contributed by atoms with Gasteiger partial charge in [-0.25, -0.2) is 10.8 Å². The normalized spacial score (nSPS) is 17.9. The number of nitrogens with two attached hydrogens (primary N) is 1. The number of guanidine groups is 1. The number of hydrogen-bond donors (Lipinski definition) is 2. The van der Waals surface area contributed by atoms with Crippen molar-refractivity contribution in [2.75, 3.05) is 32.7 Å². The molecule has 0 aromatic heterocycles. The topological polar surface area (TPSA) is 56.9 Å². The minimum Gasteiger partial charge on any atom is -0.339 e. The highest BCUT2D eigenvalue weighted by atomic mass is 15.4. The van der Waals surface area contributed by atoms with Gasteiger partial charge >= 0.3 is 0 Å². The largest absolute Gasteiger partial charge is 0.339 e. The SMILES string of the molecule is CCN1CCN(C(=Nc2ccccc2)NN)CC1. The van der Waals surface area contributed by atoms with Crippen LogP contribution >= 0.6 is 0 Å². The van der Waals surface area contributed by atoms with Crippen LogP contribution in [0.3, 0.4) is 0 Å². The van der Waals surface area contributed by atoms with Crippen LogP contribution in [0.1, 0.15) is 6.92 Å². The quantitative estimate of drug-likeness (QED) is 0.351. The Kier molecular flexibility index (Phi) is 4.55. The number of likely N-dealkylation sites (N-methyl/N-ethyl adjacent to an activating group) is 1. The maximum absolute atomic E-state index is 5.58. The third-order valence-corrected chi connectivity index (χ3v) is 3.24. The molecule has 0 amide bonds. The second-order valence-electron chi connectivity index (χ2n) is 4.34. The summed E-state index contributed by atoms with van der Waals surface area (Å²) in [5.74, 6) is 6.33. The van der Waals surface area contributed by atoms with E-state index in [0.717, 1.165) is 44.4 Å². The smallest absolute Gasteiger partial charge is 0.213 e. The Morgan fingerprint density at radius 1 is 1.22 bits per heavy atom. The van der Waals surface area contributed by atoms with Crippen molar-refractivity contribution in [2.24, 2.45) is 10.8 Å². The highest BCUT2D eigenvalue weighted by Gasteiger charge is 2.18. The number of hydrazine groups is 1. The number of nitrogens with one attached hydrogen (secondary N) is 1. The second kappa shape index (κ2) is 6.37. The van der Waals surface area contributed by atoms with E-state index in [4.69, 9.17) is 5.84 Å². The fourth-order valence-electron chi connectivity index (χ4n) is 2.09. The summed E-state index contributed by atoms with van der Waals surface area (Å²) in [7, 11) is 0. The molecule has 1 aliphatic rings. The average molecular weight is 247 g/mol. The number of aliphatic imine (C=N–C) groups is 1. The first-order valence-corrected chi connectivity index (χ1v) is 6.41. The number of nitrogens with zero attached hydrogens (tertiary/aromatic N) is 3. The Morgan fingerprint density at radius 3 is 2.44 bits per heavy atom. The van der Waals surface area contributed by atoms with Gasteiger partial charge in [0.25, 0.3) is 0 Å². The monoisotopic (exact) mass is 247 g/mol. The Labute approximate surface area is 108 Å². The first kappa shape index (κ1) is 12.9. The van der Waals surface area contributed by atoms with Gasteiger partial charge in [-0.1, -0.05) is 25.1 Å². The van der Waals surface area contributed by atoms with Crippen LogP contribution in [-0.2, 0) is 0 Å². The van der Waals surface area contributed by atoms with E-state index >= 15 is 0 Å². The standard InChI is InChI=1S/C13H21N5/c1-2-17-8-10-18(11-9-17)13(16-14)15-12-6-4-3-5-7-12/h3-7H,2,8-11,14H2,1H3,(H,15,16). The lowest BCUT2D eigenvalue weighted by Crippen LogP contribution is -2.53. The molecule has 1 saturated heterocycles. The summed E-state index contributed by atoms with van der Waals surface area (Å²) >= 11 is 0. The number of hydrogen-bond acceptors (Lipinski definition) is 3. The fourth-order valence-corrected chi connectivity index (χ4v) is 2.09. The van der Waals surface area contributed by atoms with Gasteiger partial charge in [-0.15, -0.1) is 0 Å². The fraction of sp³-hybridized carbons (Fsp3) is 0.462. The maximum atomic E-state index is 5.58. The van der Waals surface area contributed by atoms with E-state index in [1.807, 2.05) is 30.3 Å². The molecule has 98 valence electrons. The van der Waals surface area contributed by atoms with E-state index in [1.165, 1.54) is 0 Å². The minimum absolute atomic E-state index is 0.747. The predicted octanol–water partition coefficient (Wildman–Crippen LogP) is 0.775. The molecule has 3 N–H and O–H groups in total. The Bertz CT molecular complexity index is 382. The van der Waals surface area contributed by atoms with Crippen LogP contribution < -0.4 is 11.3 Å². The first-order valence-electron chi connectivity index (χ1n) is 6.41. The lowest BCUT2D eigenvalue weighted by atomic mass is 10.3. The van der Waals surface area contributed by atoms with Crippen LogP contribution in [-0.4, -0.2) is 48.5 Å². The van der Waals surface area contributed by atoms with Crippen molar-refractivity contribution in [3.8, 4) is 0 Å². The van der Waals surface area contributed by atoms with Crippen LogP contribution in [0.4, 0.5) is 5.69 Å². The molecule has 5 nitrogen and oxygen atoms in total. The Balaban J connectivity index is 2.03. The molecule has 18 heavy (non-hydrogen) atoms. The van der Waals surface area contributed by atoms with Gasteiger partial charge in [-0.2, -0.15) is 0 Å². The lowest BCUT2D eigenvalue weighted by Gasteiger charge is -2.35. The minimum atomic E-state index is 0.747. The third-order valence-electron chi connectivity index (χ3n) is 3.24. The highest BCUT2D eigenvalue weighted by molar-refractivity contribution is 5.82. The molecule has 1 aromatic rings. The second-order valence-corrected chi connectivity index (χ2v) is 4.34. The summed E-state index contributed by atoms with van der Waals surface area (Å²) in [5, 5.41) is 0. The van der Waals surface area contributed by atoms with Gasteiger partial charge in [0.05, 0.1) is 5.69 Å². The summed E-state index contributed by atoms with van der Waals surface area (Å²) in [6, 6.07) is 9.87. The van der Waals surface area contributed by atoms with Gasteiger partial charge in [0.1, 0.15) is 0 Å². The molecular weight excluding hydrogens is 226 g/mol. The average Bonchev–Trinajstić information content (AvgIpc) is 2.46. The third kappa shape index (κ3) is 3.21. The Morgan fingerprint density at radius 2 is 1.89 bits per heavy atom. The molecule has 0 atom stereocenters. The van der Waals surface area contributed by atoms with Crippen LogP contribution in [0.5, 0.6) is 0 Å². The summed E-state index contributed by atoms with van der Waals surface area (Å²) in [6.07, 6.45) is 0. The van der Waals surface area contributed by atoms with Crippen LogP contribution in [0.15, 0.2) is 35.3 Å². The number of piperazine rings is 1. The van der Waals surface area contributed by atoms with Gasteiger partial charge in [0.15, 0.2) is 0 Å². The molecule has 5 heteroatoms. The summed E-state index contributed by atoms with van der Waals surface area (Å²) in [4.78, 5) is 9.16. The van der Waals surface area contributed by atoms with E-state index < -0.39 is 0 Å². The molecule has 1 aromatic carbocycles. The van der Waals surface area contributed by atoms with E-state index in [0.29, 0.717) is 0 Å². The van der Waals surface area contributed by atoms with Gasteiger partial charge in [-0.3, -0.25) is 5.43 Å². The van der Waals surface area contributed by atoms with Crippen LogP contribution in [0.25, 0.3) is 0 Å². The van der Waals surface area contributed by atoms with Crippen molar-refractivity contribution in [3.63, 3.8) is 0 Å². The van der Waals surface area contributed by atoms with E-state index in [2.05, 4.69) is 27.1 Å². The molecule has 0 radical (unpaired) electrons. The van der Waals surface area contributed by atoms with Gasteiger partial charge in [0, 0.05) is 26.2 Å². The summed E-state index contributed by atoms with van der Waals surface area (Å²) in [5.41, 5.74) is 3.63. The van der Waals surface area contributed by atoms with Crippen LogP contribution in [0.2, 0.25) is 0 Å². The zero-order valence-electron chi connectivity index (χ0n) is 10.8. The number of benzene rings is 1. The summed E-state index contributed by atoms with van der Waals surface area (Å²) in [6.45, 7) is 7.34. The molecule has 0 unspecified atom stereocenters. The van der Waals surface area contributed by atoms with E-state index in [1.54, 1.807) is 0 Å². The molecule has 1 fully saturated rings. The van der Waals surface area contributed by atoms with E-state index in [-0.39, 0.29) is 0 Å². The summed E-state index contributed by atoms with van der Waals surface area (Å²) < 4.78 is 0. The lowest BCUT2D eigenvalue weighted by molar-refractivity contribution is 0.187. The molecule has 0 spiro atoms. The molecule has 0 bridgehead atoms. The van der Waals surface area contributed by atoms with E-state index in [9.17, 15) is 0 Å². The number of rotatable bonds is 2. The molecule has 0 saturated carbocycles. The molecule has 0 aliphatic carbocycles. The number of para-hydroxylation sites is 1. The molecule has 2 rings (SSSR count). The van der Waals surface area contributed by atoms with Crippen LogP contribution in [0, 0.1) is 0 Å². The van der Waals surface area contributed by atoms with Crippen molar-refractivity contribution >= 4 is 11.6 Å². The van der Waals surface area contributed by atoms with Crippen molar-refractivity contribution < 1.29 is 0 Å². The molecular formula is C13H21N5. The molecule has 1 aliphatic heterocycles. The zero-order valence-corrected chi connectivity index (χ0v) is 10.8. The highest BCUT2D eigenvalue weighted by Crippen LogP contribution is 2.11. The molecule has 1 heterocycles.